The number of hydrogen-bond acceptors (Lipinski definition) is 5. The van der Waals surface area contributed by atoms with Crippen LogP contribution in [0.25, 0.3) is 0 Å². The van der Waals surface area contributed by atoms with Crippen LogP contribution in [0.2, 0.25) is 0 Å². The van der Waals surface area contributed by atoms with Gasteiger partial charge in [0.25, 0.3) is 0 Å². The molecule has 2 N–H and O–H groups in total. The number of para-hydroxylation sites is 1. The van der Waals surface area contributed by atoms with E-state index in [1.807, 2.05) is 30.5 Å². The van der Waals surface area contributed by atoms with Crippen LogP contribution in [0, 0.1) is 0 Å². The lowest BCUT2D eigenvalue weighted by Crippen LogP contribution is -2.45. The first kappa shape index (κ1) is 17.7. The Morgan fingerprint density at radius 2 is 1.88 bits per heavy atom. The van der Waals surface area contributed by atoms with Gasteiger partial charge in [-0.3, -0.25) is 0 Å². The Balaban J connectivity index is 1.71. The van der Waals surface area contributed by atoms with Crippen LogP contribution < -0.4 is 10.2 Å². The smallest absolute Gasteiger partial charge is 0.133 e. The number of phenolic OH excluding ortho intramolecular Hbond substituents is 1. The highest BCUT2D eigenvalue weighted by Crippen LogP contribution is 2.27. The van der Waals surface area contributed by atoms with Gasteiger partial charge >= 0.3 is 0 Å². The molecule has 1 aliphatic rings. The van der Waals surface area contributed by atoms with Crippen molar-refractivity contribution < 1.29 is 5.11 Å². The van der Waals surface area contributed by atoms with Gasteiger partial charge in [-0.25, -0.2) is 4.98 Å². The maximum atomic E-state index is 10.1. The van der Waals surface area contributed by atoms with E-state index in [-0.39, 0.29) is 6.04 Å². The summed E-state index contributed by atoms with van der Waals surface area (Å²) < 4.78 is 0. The second-order valence-corrected chi connectivity index (χ2v) is 6.68. The predicted molar refractivity (Wildman–Crippen MR) is 102 cm³/mol. The molecule has 0 spiro atoms. The molecular formula is C20H28N4O. The minimum atomic E-state index is 0.127. The van der Waals surface area contributed by atoms with Gasteiger partial charge in [-0.1, -0.05) is 31.2 Å². The zero-order valence-electron chi connectivity index (χ0n) is 15.2. The van der Waals surface area contributed by atoms with Crippen molar-refractivity contribution in [2.75, 3.05) is 38.1 Å². The summed E-state index contributed by atoms with van der Waals surface area (Å²) in [7, 11) is 2.16. The fourth-order valence-electron chi connectivity index (χ4n) is 3.36. The second kappa shape index (κ2) is 8.32. The van der Waals surface area contributed by atoms with E-state index in [2.05, 4.69) is 40.1 Å². The van der Waals surface area contributed by atoms with Crippen LogP contribution in [-0.2, 0) is 6.54 Å². The lowest BCUT2D eigenvalue weighted by atomic mass is 10.0. The van der Waals surface area contributed by atoms with Crippen molar-refractivity contribution in [1.82, 2.24) is 15.2 Å². The average molecular weight is 340 g/mol. The molecule has 1 fully saturated rings. The minimum absolute atomic E-state index is 0.127. The SMILES string of the molecule is CC[C@H](NCc1cccnc1N1CCN(C)CC1)c1ccccc1O. The first-order chi connectivity index (χ1) is 12.2. The molecule has 5 heteroatoms. The summed E-state index contributed by atoms with van der Waals surface area (Å²) >= 11 is 0. The van der Waals surface area contributed by atoms with Gasteiger partial charge in [0.05, 0.1) is 0 Å². The van der Waals surface area contributed by atoms with Gasteiger partial charge in [-0.15, -0.1) is 0 Å². The number of pyridine rings is 1. The molecule has 0 bridgehead atoms. The molecule has 0 amide bonds. The molecule has 2 heterocycles. The summed E-state index contributed by atoms with van der Waals surface area (Å²) in [6, 6.07) is 11.8. The van der Waals surface area contributed by atoms with Crippen molar-refractivity contribution in [2.24, 2.45) is 0 Å². The van der Waals surface area contributed by atoms with Crippen molar-refractivity contribution in [3.05, 3.63) is 53.7 Å². The summed E-state index contributed by atoms with van der Waals surface area (Å²) in [6.45, 7) is 7.03. The number of aromatic nitrogens is 1. The Labute approximate surface area is 150 Å². The number of nitrogens with one attached hydrogen (secondary N) is 1. The van der Waals surface area contributed by atoms with Gasteiger partial charge in [0.15, 0.2) is 0 Å². The molecule has 1 saturated heterocycles. The number of hydrogen-bond donors (Lipinski definition) is 2. The molecule has 0 aliphatic carbocycles. The van der Waals surface area contributed by atoms with Crippen LogP contribution in [0.5, 0.6) is 5.75 Å². The first-order valence-electron chi connectivity index (χ1n) is 9.07. The number of anilines is 1. The van der Waals surface area contributed by atoms with E-state index in [1.165, 1.54) is 5.56 Å². The van der Waals surface area contributed by atoms with Gasteiger partial charge < -0.3 is 20.2 Å². The number of nitrogens with zero attached hydrogens (tertiary/aromatic N) is 3. The van der Waals surface area contributed by atoms with E-state index >= 15 is 0 Å². The van der Waals surface area contributed by atoms with Crippen LogP contribution in [0.3, 0.4) is 0 Å². The highest BCUT2D eigenvalue weighted by atomic mass is 16.3. The third-order valence-corrected chi connectivity index (χ3v) is 4.93. The normalized spacial score (nSPS) is 16.8. The Morgan fingerprint density at radius 1 is 1.12 bits per heavy atom. The number of likely N-dealkylation sites (N-methyl/N-ethyl adjacent to an activating group) is 1. The molecule has 0 radical (unpaired) electrons. The van der Waals surface area contributed by atoms with Gasteiger partial charge in [-0.05, 0) is 25.6 Å². The molecule has 2 aromatic rings. The van der Waals surface area contributed by atoms with E-state index in [0.29, 0.717) is 5.75 Å². The fraction of sp³-hybridized carbons (Fsp3) is 0.450. The molecule has 3 rings (SSSR count). The van der Waals surface area contributed by atoms with Crippen LogP contribution >= 0.6 is 0 Å². The van der Waals surface area contributed by atoms with Crippen LogP contribution in [0.15, 0.2) is 42.6 Å². The summed E-state index contributed by atoms with van der Waals surface area (Å²) in [5.41, 5.74) is 2.16. The van der Waals surface area contributed by atoms with Crippen molar-refractivity contribution in [2.45, 2.75) is 25.9 Å². The summed E-state index contributed by atoms with van der Waals surface area (Å²) in [5, 5.41) is 13.7. The van der Waals surface area contributed by atoms with Crippen LogP contribution in [-0.4, -0.2) is 48.2 Å². The van der Waals surface area contributed by atoms with E-state index in [0.717, 1.165) is 50.5 Å². The van der Waals surface area contributed by atoms with Crippen LogP contribution in [0.4, 0.5) is 5.82 Å². The molecule has 1 aromatic carbocycles. The number of aromatic hydroxyl groups is 1. The zero-order chi connectivity index (χ0) is 17.6. The van der Waals surface area contributed by atoms with Crippen LogP contribution in [0.1, 0.15) is 30.5 Å². The van der Waals surface area contributed by atoms with Gasteiger partial charge in [0.1, 0.15) is 11.6 Å². The second-order valence-electron chi connectivity index (χ2n) is 6.68. The quantitative estimate of drug-likeness (QED) is 0.847. The lowest BCUT2D eigenvalue weighted by Gasteiger charge is -2.34. The first-order valence-corrected chi connectivity index (χ1v) is 9.07. The molecule has 134 valence electrons. The molecule has 25 heavy (non-hydrogen) atoms. The zero-order valence-corrected chi connectivity index (χ0v) is 15.2. The minimum Gasteiger partial charge on any atom is -0.508 e. The van der Waals surface area contributed by atoms with E-state index < -0.39 is 0 Å². The largest absolute Gasteiger partial charge is 0.508 e. The topological polar surface area (TPSA) is 51.6 Å². The number of rotatable bonds is 6. The van der Waals surface area contributed by atoms with E-state index in [9.17, 15) is 5.11 Å². The average Bonchev–Trinajstić information content (AvgIpc) is 2.64. The summed E-state index contributed by atoms with van der Waals surface area (Å²) in [6.07, 6.45) is 2.79. The highest BCUT2D eigenvalue weighted by molar-refractivity contribution is 5.47. The monoisotopic (exact) mass is 340 g/mol. The summed E-state index contributed by atoms with van der Waals surface area (Å²) in [5.74, 6) is 1.43. The lowest BCUT2D eigenvalue weighted by molar-refractivity contribution is 0.311. The number of piperazine rings is 1. The highest BCUT2D eigenvalue weighted by Gasteiger charge is 2.19. The summed E-state index contributed by atoms with van der Waals surface area (Å²) in [4.78, 5) is 9.36. The molecule has 5 nitrogen and oxygen atoms in total. The predicted octanol–water partition coefficient (Wildman–Crippen LogP) is 2.78. The Kier molecular flexibility index (Phi) is 5.89. The van der Waals surface area contributed by atoms with Crippen molar-refractivity contribution in [3.63, 3.8) is 0 Å². The van der Waals surface area contributed by atoms with Crippen molar-refractivity contribution >= 4 is 5.82 Å². The number of benzene rings is 1. The van der Waals surface area contributed by atoms with E-state index in [4.69, 9.17) is 0 Å². The van der Waals surface area contributed by atoms with Crippen molar-refractivity contribution in [1.29, 1.82) is 0 Å². The van der Waals surface area contributed by atoms with Gasteiger partial charge in [-0.2, -0.15) is 0 Å². The Bertz CT molecular complexity index is 683. The van der Waals surface area contributed by atoms with Gasteiger partial charge in [0.2, 0.25) is 0 Å². The number of phenols is 1. The maximum absolute atomic E-state index is 10.1. The Hall–Kier alpha value is -2.11. The molecule has 0 unspecified atom stereocenters. The molecular weight excluding hydrogens is 312 g/mol. The van der Waals surface area contributed by atoms with Gasteiger partial charge in [0, 0.05) is 56.1 Å². The third-order valence-electron chi connectivity index (χ3n) is 4.93. The molecule has 0 saturated carbocycles. The standard InChI is InChI=1S/C20H28N4O/c1-3-18(17-8-4-5-9-19(17)25)22-15-16-7-6-10-21-20(16)24-13-11-23(2)12-14-24/h4-10,18,22,25H,3,11-15H2,1-2H3/t18-/m0/s1. The maximum Gasteiger partial charge on any atom is 0.133 e. The third kappa shape index (κ3) is 4.30. The molecule has 1 atom stereocenters. The Morgan fingerprint density at radius 3 is 2.60 bits per heavy atom. The molecule has 1 aromatic heterocycles. The molecule has 1 aliphatic heterocycles. The van der Waals surface area contributed by atoms with Crippen molar-refractivity contribution in [3.8, 4) is 5.75 Å². The fourth-order valence-corrected chi connectivity index (χ4v) is 3.36. The van der Waals surface area contributed by atoms with E-state index in [1.54, 1.807) is 6.07 Å².